The zero-order valence-electron chi connectivity index (χ0n) is 14.7. The predicted octanol–water partition coefficient (Wildman–Crippen LogP) is 4.33. The molecule has 2 heterocycles. The van der Waals surface area contributed by atoms with Gasteiger partial charge in [-0.3, -0.25) is 4.90 Å². The summed E-state index contributed by atoms with van der Waals surface area (Å²) in [6, 6.07) is 14.4. The minimum absolute atomic E-state index is 0.127. The number of aryl methyl sites for hydroxylation is 1. The van der Waals surface area contributed by atoms with Crippen LogP contribution in [0.4, 0.5) is 5.69 Å². The van der Waals surface area contributed by atoms with Crippen molar-refractivity contribution in [2.45, 2.75) is 39.0 Å². The average molecular weight is 354 g/mol. The normalized spacial score (nSPS) is 24.2. The molecular weight excluding hydrogens is 332 g/mol. The lowest BCUT2D eigenvalue weighted by molar-refractivity contribution is 0.0456. The summed E-state index contributed by atoms with van der Waals surface area (Å²) in [7, 11) is 0. The van der Waals surface area contributed by atoms with Crippen LogP contribution in [-0.4, -0.2) is 17.4 Å². The van der Waals surface area contributed by atoms with E-state index in [1.54, 1.807) is 0 Å². The molecule has 0 unspecified atom stereocenters. The lowest BCUT2D eigenvalue weighted by Gasteiger charge is -2.52. The van der Waals surface area contributed by atoms with Crippen LogP contribution < -0.4 is 19.7 Å². The van der Waals surface area contributed by atoms with Crippen molar-refractivity contribution in [2.24, 2.45) is 0 Å². The lowest BCUT2D eigenvalue weighted by Crippen LogP contribution is -2.65. The first-order valence-electron chi connectivity index (χ1n) is 8.64. The van der Waals surface area contributed by atoms with E-state index in [2.05, 4.69) is 42.3 Å². The SMILES string of the molecule is CCOc1cccc2c1O[C@]1(C)C[C@H]2NC(=S)N1c1ccccc1C. The van der Waals surface area contributed by atoms with Crippen molar-refractivity contribution in [3.63, 3.8) is 0 Å². The number of ether oxygens (including phenoxy) is 2. The second kappa shape index (κ2) is 5.92. The largest absolute Gasteiger partial charge is 0.490 e. The van der Waals surface area contributed by atoms with Gasteiger partial charge in [-0.15, -0.1) is 0 Å². The number of hydrogen-bond donors (Lipinski definition) is 1. The van der Waals surface area contributed by atoms with Gasteiger partial charge in [0.05, 0.1) is 12.6 Å². The molecule has 4 nitrogen and oxygen atoms in total. The third kappa shape index (κ3) is 2.54. The molecule has 5 heteroatoms. The van der Waals surface area contributed by atoms with Gasteiger partial charge < -0.3 is 14.8 Å². The second-order valence-electron chi connectivity index (χ2n) is 6.71. The summed E-state index contributed by atoms with van der Waals surface area (Å²) in [6.07, 6.45) is 0.810. The Morgan fingerprint density at radius 2 is 2.08 bits per heavy atom. The fourth-order valence-corrected chi connectivity index (χ4v) is 4.24. The van der Waals surface area contributed by atoms with Gasteiger partial charge in [0.25, 0.3) is 0 Å². The molecule has 2 aliphatic heterocycles. The Balaban J connectivity index is 1.82. The molecule has 2 aromatic carbocycles. The van der Waals surface area contributed by atoms with Gasteiger partial charge >= 0.3 is 0 Å². The van der Waals surface area contributed by atoms with Gasteiger partial charge in [-0.25, -0.2) is 0 Å². The van der Waals surface area contributed by atoms with Crippen molar-refractivity contribution in [1.29, 1.82) is 0 Å². The Bertz CT molecular complexity index is 838. The van der Waals surface area contributed by atoms with E-state index in [4.69, 9.17) is 21.7 Å². The molecule has 25 heavy (non-hydrogen) atoms. The van der Waals surface area contributed by atoms with Crippen molar-refractivity contribution in [3.8, 4) is 11.5 Å². The number of nitrogens with one attached hydrogen (secondary N) is 1. The van der Waals surface area contributed by atoms with Gasteiger partial charge in [0.2, 0.25) is 0 Å². The number of anilines is 1. The molecule has 2 aromatic rings. The summed E-state index contributed by atoms with van der Waals surface area (Å²) >= 11 is 5.71. The van der Waals surface area contributed by atoms with Gasteiger partial charge in [0, 0.05) is 17.7 Å². The maximum absolute atomic E-state index is 6.54. The first kappa shape index (κ1) is 16.2. The topological polar surface area (TPSA) is 33.7 Å². The van der Waals surface area contributed by atoms with Crippen LogP contribution in [0.5, 0.6) is 11.5 Å². The van der Waals surface area contributed by atoms with Gasteiger partial charge in [-0.05, 0) is 50.7 Å². The highest BCUT2D eigenvalue weighted by atomic mass is 32.1. The van der Waals surface area contributed by atoms with E-state index < -0.39 is 5.72 Å². The summed E-state index contributed by atoms with van der Waals surface area (Å²) in [5, 5.41) is 4.19. The summed E-state index contributed by atoms with van der Waals surface area (Å²) in [5.41, 5.74) is 2.78. The summed E-state index contributed by atoms with van der Waals surface area (Å²) < 4.78 is 12.3. The Morgan fingerprint density at radius 3 is 2.84 bits per heavy atom. The molecule has 2 atom stereocenters. The van der Waals surface area contributed by atoms with Crippen LogP contribution in [0.3, 0.4) is 0 Å². The van der Waals surface area contributed by atoms with Gasteiger partial charge in [0.1, 0.15) is 0 Å². The summed E-state index contributed by atoms with van der Waals surface area (Å²) in [6.45, 7) is 6.79. The van der Waals surface area contributed by atoms with E-state index in [1.165, 1.54) is 5.56 Å². The van der Waals surface area contributed by atoms with E-state index in [9.17, 15) is 0 Å². The third-order valence-electron chi connectivity index (χ3n) is 4.92. The zero-order chi connectivity index (χ0) is 17.6. The Labute approximate surface area is 153 Å². The number of rotatable bonds is 3. The van der Waals surface area contributed by atoms with E-state index in [1.807, 2.05) is 31.2 Å². The minimum Gasteiger partial charge on any atom is -0.490 e. The molecule has 1 N–H and O–H groups in total. The van der Waals surface area contributed by atoms with E-state index in [0.717, 1.165) is 29.2 Å². The fourth-order valence-electron chi connectivity index (χ4n) is 3.81. The molecule has 0 amide bonds. The van der Waals surface area contributed by atoms with Crippen molar-refractivity contribution in [2.75, 3.05) is 11.5 Å². The molecule has 0 aliphatic carbocycles. The second-order valence-corrected chi connectivity index (χ2v) is 7.10. The maximum Gasteiger partial charge on any atom is 0.188 e. The molecule has 0 spiro atoms. The number of hydrogen-bond acceptors (Lipinski definition) is 3. The molecule has 1 saturated heterocycles. The van der Waals surface area contributed by atoms with Crippen LogP contribution in [0.2, 0.25) is 0 Å². The van der Waals surface area contributed by atoms with Crippen molar-refractivity contribution in [1.82, 2.24) is 5.32 Å². The van der Waals surface area contributed by atoms with E-state index >= 15 is 0 Å². The monoisotopic (exact) mass is 354 g/mol. The van der Waals surface area contributed by atoms with Crippen molar-refractivity contribution < 1.29 is 9.47 Å². The third-order valence-corrected chi connectivity index (χ3v) is 5.22. The molecule has 1 fully saturated rings. The predicted molar refractivity (Wildman–Crippen MR) is 103 cm³/mol. The molecule has 0 aromatic heterocycles. The number of fused-ring (bicyclic) bond motifs is 4. The highest BCUT2D eigenvalue weighted by Gasteiger charge is 2.49. The number of thiocarbonyl (C=S) groups is 1. The Kier molecular flexibility index (Phi) is 3.84. The number of nitrogens with zero attached hydrogens (tertiary/aromatic N) is 1. The molecule has 0 saturated carbocycles. The van der Waals surface area contributed by atoms with Crippen LogP contribution in [0, 0.1) is 6.92 Å². The quantitative estimate of drug-likeness (QED) is 0.830. The zero-order valence-corrected chi connectivity index (χ0v) is 15.5. The van der Waals surface area contributed by atoms with Crippen molar-refractivity contribution >= 4 is 23.0 Å². The molecule has 4 rings (SSSR count). The van der Waals surface area contributed by atoms with E-state index in [-0.39, 0.29) is 6.04 Å². The van der Waals surface area contributed by atoms with Crippen LogP contribution >= 0.6 is 12.2 Å². The van der Waals surface area contributed by atoms with Crippen molar-refractivity contribution in [3.05, 3.63) is 53.6 Å². The van der Waals surface area contributed by atoms with Crippen LogP contribution in [0.1, 0.15) is 37.4 Å². The first-order chi connectivity index (χ1) is 12.0. The molecule has 2 bridgehead atoms. The minimum atomic E-state index is -0.556. The molecule has 2 aliphatic rings. The van der Waals surface area contributed by atoms with Gasteiger partial charge in [0.15, 0.2) is 22.3 Å². The Morgan fingerprint density at radius 1 is 1.28 bits per heavy atom. The molecular formula is C20H22N2O2S. The summed E-state index contributed by atoms with van der Waals surface area (Å²) in [4.78, 5) is 2.10. The summed E-state index contributed by atoms with van der Waals surface area (Å²) in [5.74, 6) is 1.60. The molecule has 130 valence electrons. The number of para-hydroxylation sites is 2. The smallest absolute Gasteiger partial charge is 0.188 e. The first-order valence-corrected chi connectivity index (χ1v) is 9.05. The lowest BCUT2D eigenvalue weighted by atomic mass is 9.89. The maximum atomic E-state index is 6.54. The number of benzene rings is 2. The van der Waals surface area contributed by atoms with Crippen LogP contribution in [0.25, 0.3) is 0 Å². The highest BCUT2D eigenvalue weighted by molar-refractivity contribution is 7.80. The standard InChI is InChI=1S/C20H22N2O2S/c1-4-23-17-11-7-9-14-15-12-20(3,24-18(14)17)22(19(25)21-15)16-10-6-5-8-13(16)2/h5-11,15H,4,12H2,1-3H3,(H,21,25)/t15-,20-/m1/s1. The fraction of sp³-hybridized carbons (Fsp3) is 0.350. The van der Waals surface area contributed by atoms with Crippen LogP contribution in [0.15, 0.2) is 42.5 Å². The van der Waals surface area contributed by atoms with Crippen LogP contribution in [-0.2, 0) is 0 Å². The van der Waals surface area contributed by atoms with Gasteiger partial charge in [-0.2, -0.15) is 0 Å². The van der Waals surface area contributed by atoms with Gasteiger partial charge in [-0.1, -0.05) is 30.3 Å². The average Bonchev–Trinajstić information content (AvgIpc) is 2.57. The molecule has 0 radical (unpaired) electrons. The highest BCUT2D eigenvalue weighted by Crippen LogP contribution is 2.49. The van der Waals surface area contributed by atoms with E-state index in [0.29, 0.717) is 11.7 Å². The Hall–Kier alpha value is -2.27.